The van der Waals surface area contributed by atoms with Crippen molar-refractivity contribution in [2.75, 3.05) is 0 Å². The molecule has 3 heterocycles. The summed E-state index contributed by atoms with van der Waals surface area (Å²) < 4.78 is 29.3. The first-order chi connectivity index (χ1) is 15.7. The van der Waals surface area contributed by atoms with Crippen LogP contribution in [0.1, 0.15) is 42.7 Å². The number of amidine groups is 1. The van der Waals surface area contributed by atoms with Crippen molar-refractivity contribution in [3.63, 3.8) is 0 Å². The topological polar surface area (TPSA) is 121 Å². The number of hydrogen-bond donors (Lipinski definition) is 2. The zero-order valence-electron chi connectivity index (χ0n) is 17.9. The number of fused-ring (bicyclic) bond motifs is 2. The highest BCUT2D eigenvalue weighted by Gasteiger charge is 2.68. The minimum Gasteiger partial charge on any atom is -0.392 e. The third-order valence-electron chi connectivity index (χ3n) is 6.66. The molecule has 3 N–H and O–H groups in total. The molecule has 3 aromatic rings. The van der Waals surface area contributed by atoms with Gasteiger partial charge in [0, 0.05) is 24.1 Å². The summed E-state index contributed by atoms with van der Waals surface area (Å²) in [4.78, 5) is 17.3. The Morgan fingerprint density at radius 3 is 2.82 bits per heavy atom. The van der Waals surface area contributed by atoms with Crippen molar-refractivity contribution in [3.8, 4) is 6.07 Å². The number of halogens is 2. The van der Waals surface area contributed by atoms with Crippen LogP contribution in [0.3, 0.4) is 0 Å². The summed E-state index contributed by atoms with van der Waals surface area (Å²) in [6.07, 6.45) is 2.88. The normalized spacial score (nSPS) is 26.9. The fourth-order valence-corrected chi connectivity index (χ4v) is 6.28. The number of aliphatic hydroxyl groups is 1. The summed E-state index contributed by atoms with van der Waals surface area (Å²) in [5, 5.41) is 19.7. The Morgan fingerprint density at radius 1 is 1.30 bits per heavy atom. The van der Waals surface area contributed by atoms with E-state index in [9.17, 15) is 9.50 Å². The van der Waals surface area contributed by atoms with Crippen molar-refractivity contribution in [1.29, 1.82) is 5.26 Å². The molecule has 0 radical (unpaired) electrons. The summed E-state index contributed by atoms with van der Waals surface area (Å²) in [6.45, 7) is 3.42. The van der Waals surface area contributed by atoms with E-state index in [4.69, 9.17) is 11.0 Å². The molecule has 1 aliphatic carbocycles. The Labute approximate surface area is 192 Å². The summed E-state index contributed by atoms with van der Waals surface area (Å²) in [5.74, 6) is -2.14. The van der Waals surface area contributed by atoms with E-state index < -0.39 is 28.0 Å². The molecular formula is C23H20F2N6OS. The van der Waals surface area contributed by atoms with Crippen LogP contribution < -0.4 is 5.73 Å². The highest BCUT2D eigenvalue weighted by molar-refractivity contribution is 8.15. The van der Waals surface area contributed by atoms with E-state index in [2.05, 4.69) is 19.9 Å². The second-order valence-corrected chi connectivity index (χ2v) is 10.1. The van der Waals surface area contributed by atoms with Gasteiger partial charge >= 0.3 is 0 Å². The van der Waals surface area contributed by atoms with Gasteiger partial charge in [0.25, 0.3) is 0 Å². The van der Waals surface area contributed by atoms with E-state index in [1.165, 1.54) is 24.3 Å². The van der Waals surface area contributed by atoms with E-state index in [1.54, 1.807) is 26.0 Å². The van der Waals surface area contributed by atoms with Gasteiger partial charge in [0.2, 0.25) is 0 Å². The van der Waals surface area contributed by atoms with Gasteiger partial charge in [-0.15, -0.1) is 0 Å². The maximum absolute atomic E-state index is 15.1. The maximum Gasteiger partial charge on any atom is 0.164 e. The monoisotopic (exact) mass is 466 g/mol. The molecule has 0 saturated heterocycles. The Kier molecular flexibility index (Phi) is 4.88. The number of nitrogens with two attached hydrogens (primary N) is 1. The molecule has 2 aromatic heterocycles. The van der Waals surface area contributed by atoms with Crippen LogP contribution >= 0.6 is 11.8 Å². The third-order valence-corrected chi connectivity index (χ3v) is 8.13. The summed E-state index contributed by atoms with van der Waals surface area (Å²) in [5.41, 5.74) is 7.42. The molecule has 1 fully saturated rings. The molecule has 33 heavy (non-hydrogen) atoms. The first kappa shape index (κ1) is 21.7. The van der Waals surface area contributed by atoms with Crippen molar-refractivity contribution >= 4 is 28.0 Å². The second-order valence-electron chi connectivity index (χ2n) is 8.73. The van der Waals surface area contributed by atoms with Gasteiger partial charge in [-0.2, -0.15) is 5.26 Å². The molecule has 0 amide bonds. The number of pyridine rings is 1. The molecule has 1 aliphatic heterocycles. The van der Waals surface area contributed by atoms with E-state index in [1.807, 2.05) is 6.07 Å². The van der Waals surface area contributed by atoms with Crippen LogP contribution in [0.15, 0.2) is 35.7 Å². The van der Waals surface area contributed by atoms with Crippen molar-refractivity contribution < 1.29 is 13.9 Å². The number of rotatable bonds is 4. The first-order valence-electron chi connectivity index (χ1n) is 10.4. The molecular weight excluding hydrogens is 446 g/mol. The van der Waals surface area contributed by atoms with E-state index >= 15 is 4.39 Å². The number of thioether (sulfide) groups is 1. The Hall–Kier alpha value is -3.16. The highest BCUT2D eigenvalue weighted by Crippen LogP contribution is 2.67. The minimum absolute atomic E-state index is 0.103. The number of hydrogen-bond acceptors (Lipinski definition) is 8. The van der Waals surface area contributed by atoms with Crippen LogP contribution in [-0.2, 0) is 12.0 Å². The molecule has 1 saturated carbocycles. The van der Waals surface area contributed by atoms with Crippen molar-refractivity contribution in [2.24, 2.45) is 16.6 Å². The minimum atomic E-state index is -1.11. The van der Waals surface area contributed by atoms with Gasteiger partial charge in [0.05, 0.1) is 33.2 Å². The Balaban J connectivity index is 1.58. The molecule has 10 heteroatoms. The van der Waals surface area contributed by atoms with Crippen LogP contribution in [-0.4, -0.2) is 36.1 Å². The Morgan fingerprint density at radius 2 is 2.09 bits per heavy atom. The number of benzene rings is 1. The number of aromatic nitrogens is 3. The molecule has 0 spiro atoms. The average molecular weight is 467 g/mol. The summed E-state index contributed by atoms with van der Waals surface area (Å²) in [7, 11) is 0. The van der Waals surface area contributed by atoms with Gasteiger partial charge in [-0.3, -0.25) is 9.98 Å². The molecule has 2 aliphatic rings. The van der Waals surface area contributed by atoms with E-state index in [0.29, 0.717) is 34.3 Å². The molecule has 1 aromatic carbocycles. The molecule has 168 valence electrons. The number of aliphatic imine (C=N–C) groups is 1. The molecule has 0 bridgehead atoms. The maximum atomic E-state index is 15.1. The van der Waals surface area contributed by atoms with Gasteiger partial charge in [-0.25, -0.2) is 18.7 Å². The fourth-order valence-electron chi connectivity index (χ4n) is 4.86. The van der Waals surface area contributed by atoms with Gasteiger partial charge in [0.1, 0.15) is 17.9 Å². The number of nitriles is 1. The third kappa shape index (κ3) is 3.34. The Bertz CT molecular complexity index is 1370. The highest BCUT2D eigenvalue weighted by atomic mass is 32.2. The standard InChI is InChI=1S/C23H20F2N6OS/c1-11(32)23-7-18(23)22(2,31-21(27)33-23)14-3-12(4-15(24)19(14)25)5-16-20-17(30-10-29-16)6-13(8-26)9-28-20/h3-4,6,9-11,18,32H,5,7H2,1-2H3,(H2,27,31)/t11-,18-,22+,23+/m0/s1. The SMILES string of the molecule is C[C@H](O)[C@]12C[C@H]1[C@@](C)(c1cc(Cc3ncnc4cc(C#N)cnc34)cc(F)c1F)N=C(N)S2. The van der Waals surface area contributed by atoms with Crippen LogP contribution in [0.2, 0.25) is 0 Å². The van der Waals surface area contributed by atoms with Crippen molar-refractivity contribution in [3.05, 3.63) is 64.7 Å². The molecule has 5 rings (SSSR count). The van der Waals surface area contributed by atoms with Gasteiger partial charge in [-0.05, 0) is 44.0 Å². The van der Waals surface area contributed by atoms with Crippen molar-refractivity contribution in [1.82, 2.24) is 15.0 Å². The smallest absolute Gasteiger partial charge is 0.164 e. The predicted molar refractivity (Wildman–Crippen MR) is 120 cm³/mol. The van der Waals surface area contributed by atoms with Gasteiger partial charge < -0.3 is 10.8 Å². The zero-order chi connectivity index (χ0) is 23.5. The second kappa shape index (κ2) is 7.43. The van der Waals surface area contributed by atoms with Crippen LogP contribution in [0.4, 0.5) is 8.78 Å². The molecule has 7 nitrogen and oxygen atoms in total. The largest absolute Gasteiger partial charge is 0.392 e. The first-order valence-corrected chi connectivity index (χ1v) is 11.2. The number of nitrogens with zero attached hydrogens (tertiary/aromatic N) is 5. The van der Waals surface area contributed by atoms with Crippen LogP contribution in [0.25, 0.3) is 11.0 Å². The molecule has 4 atom stereocenters. The lowest BCUT2D eigenvalue weighted by molar-refractivity contribution is 0.169. The number of aliphatic hydroxyl groups excluding tert-OH is 1. The summed E-state index contributed by atoms with van der Waals surface area (Å²) in [6, 6.07) is 6.35. The summed E-state index contributed by atoms with van der Waals surface area (Å²) >= 11 is 1.30. The quantitative estimate of drug-likeness (QED) is 0.606. The predicted octanol–water partition coefficient (Wildman–Crippen LogP) is 3.18. The van der Waals surface area contributed by atoms with Crippen LogP contribution in [0.5, 0.6) is 0 Å². The lowest BCUT2D eigenvalue weighted by atomic mass is 9.83. The van der Waals surface area contributed by atoms with Gasteiger partial charge in [0.15, 0.2) is 16.8 Å². The molecule has 0 unspecified atom stereocenters. The fraction of sp³-hybridized carbons (Fsp3) is 0.348. The lowest BCUT2D eigenvalue weighted by Crippen LogP contribution is -2.40. The van der Waals surface area contributed by atoms with Crippen molar-refractivity contribution in [2.45, 2.75) is 43.1 Å². The van der Waals surface area contributed by atoms with E-state index in [0.717, 1.165) is 6.07 Å². The zero-order valence-corrected chi connectivity index (χ0v) is 18.7. The average Bonchev–Trinajstić information content (AvgIpc) is 3.53. The van der Waals surface area contributed by atoms with E-state index in [-0.39, 0.29) is 23.1 Å². The van der Waals surface area contributed by atoms with Crippen LogP contribution in [0, 0.1) is 28.9 Å². The lowest BCUT2D eigenvalue weighted by Gasteiger charge is -2.35. The van der Waals surface area contributed by atoms with Gasteiger partial charge in [-0.1, -0.05) is 11.8 Å².